The largest absolute Gasteiger partial charge is 0.355 e. The third kappa shape index (κ3) is 4.70. The third-order valence-electron chi connectivity index (χ3n) is 3.99. The zero-order valence-corrected chi connectivity index (χ0v) is 15.6. The van der Waals surface area contributed by atoms with Crippen molar-refractivity contribution in [3.8, 4) is 0 Å². The Bertz CT molecular complexity index is 712. The summed E-state index contributed by atoms with van der Waals surface area (Å²) >= 11 is 2.92. The number of anilines is 2. The Morgan fingerprint density at radius 2 is 2.21 bits per heavy atom. The van der Waals surface area contributed by atoms with Gasteiger partial charge in [0, 0.05) is 12.2 Å². The number of rotatable bonds is 8. The molecule has 128 valence electrons. The molecular weight excluding hydrogens is 340 g/mol. The van der Waals surface area contributed by atoms with Gasteiger partial charge in [0.1, 0.15) is 0 Å². The molecule has 1 aliphatic rings. The molecule has 1 aromatic carbocycles. The van der Waals surface area contributed by atoms with Crippen molar-refractivity contribution in [2.75, 3.05) is 17.6 Å². The number of amides is 1. The van der Waals surface area contributed by atoms with E-state index >= 15 is 0 Å². The number of nitrogens with zero attached hydrogens (tertiary/aromatic N) is 2. The summed E-state index contributed by atoms with van der Waals surface area (Å²) in [5, 5.41) is 15.5. The van der Waals surface area contributed by atoms with Crippen molar-refractivity contribution < 1.29 is 4.79 Å². The number of aromatic nitrogens is 2. The van der Waals surface area contributed by atoms with Crippen molar-refractivity contribution in [2.45, 2.75) is 37.4 Å². The van der Waals surface area contributed by atoms with E-state index in [1.54, 1.807) is 0 Å². The van der Waals surface area contributed by atoms with Crippen LogP contribution in [0.5, 0.6) is 0 Å². The van der Waals surface area contributed by atoms with E-state index in [2.05, 4.69) is 52.9 Å². The van der Waals surface area contributed by atoms with Crippen LogP contribution in [0.25, 0.3) is 0 Å². The van der Waals surface area contributed by atoms with Gasteiger partial charge in [-0.2, -0.15) is 0 Å². The zero-order valence-electron chi connectivity index (χ0n) is 14.0. The Morgan fingerprint density at radius 3 is 2.96 bits per heavy atom. The number of carbonyl (C=O) groups is 1. The number of thioether (sulfide) groups is 1. The number of aryl methyl sites for hydroxylation is 2. The second-order valence-electron chi connectivity index (χ2n) is 6.00. The van der Waals surface area contributed by atoms with Crippen LogP contribution in [-0.4, -0.2) is 28.4 Å². The van der Waals surface area contributed by atoms with Crippen LogP contribution in [-0.2, 0) is 11.2 Å². The molecule has 1 saturated carbocycles. The molecule has 1 aromatic heterocycles. The van der Waals surface area contributed by atoms with Crippen molar-refractivity contribution in [2.24, 2.45) is 5.92 Å². The second kappa shape index (κ2) is 7.98. The zero-order chi connectivity index (χ0) is 16.9. The molecule has 0 spiro atoms. The molecule has 2 N–H and O–H groups in total. The van der Waals surface area contributed by atoms with Crippen molar-refractivity contribution in [1.29, 1.82) is 0 Å². The second-order valence-corrected chi connectivity index (χ2v) is 8.20. The maximum absolute atomic E-state index is 11.8. The lowest BCUT2D eigenvalue weighted by atomic mass is 10.1. The molecule has 3 rings (SSSR count). The van der Waals surface area contributed by atoms with Gasteiger partial charge in [0.15, 0.2) is 4.34 Å². The molecule has 0 aliphatic heterocycles. The molecule has 1 heterocycles. The fourth-order valence-corrected chi connectivity index (χ4v) is 3.97. The summed E-state index contributed by atoms with van der Waals surface area (Å²) in [5.74, 6) is 1.17. The molecule has 1 aliphatic carbocycles. The van der Waals surface area contributed by atoms with Crippen LogP contribution in [0.2, 0.25) is 0 Å². The molecule has 7 heteroatoms. The highest BCUT2D eigenvalue weighted by Gasteiger charge is 2.21. The summed E-state index contributed by atoms with van der Waals surface area (Å²) in [6.45, 7) is 5.04. The quantitative estimate of drug-likeness (QED) is 0.700. The summed E-state index contributed by atoms with van der Waals surface area (Å²) in [6.07, 6.45) is 3.46. The van der Waals surface area contributed by atoms with Crippen molar-refractivity contribution >= 4 is 39.8 Å². The molecule has 24 heavy (non-hydrogen) atoms. The average Bonchev–Trinajstić information content (AvgIpc) is 3.31. The number of carbonyl (C=O) groups excluding carboxylic acids is 1. The lowest BCUT2D eigenvalue weighted by Crippen LogP contribution is -2.27. The SMILES string of the molecule is CCc1cccc(C)c1Nc1nnc(SCC(=O)NCC2CC2)s1. The lowest BCUT2D eigenvalue weighted by Gasteiger charge is -2.11. The lowest BCUT2D eigenvalue weighted by molar-refractivity contribution is -0.118. The van der Waals surface area contributed by atoms with Crippen molar-refractivity contribution in [3.05, 3.63) is 29.3 Å². The van der Waals surface area contributed by atoms with Gasteiger partial charge >= 0.3 is 0 Å². The van der Waals surface area contributed by atoms with Gasteiger partial charge in [-0.05, 0) is 43.2 Å². The minimum absolute atomic E-state index is 0.0729. The Labute approximate surface area is 150 Å². The number of nitrogens with one attached hydrogen (secondary N) is 2. The molecule has 2 aromatic rings. The van der Waals surface area contributed by atoms with E-state index in [1.165, 1.54) is 47.1 Å². The highest BCUT2D eigenvalue weighted by Crippen LogP contribution is 2.31. The molecule has 0 saturated heterocycles. The van der Waals surface area contributed by atoms with Gasteiger partial charge in [-0.15, -0.1) is 10.2 Å². The molecule has 5 nitrogen and oxygen atoms in total. The van der Waals surface area contributed by atoms with E-state index in [4.69, 9.17) is 0 Å². The van der Waals surface area contributed by atoms with Gasteiger partial charge in [-0.1, -0.05) is 48.2 Å². The molecule has 0 bridgehead atoms. The first-order valence-corrected chi connectivity index (χ1v) is 10.0. The Balaban J connectivity index is 1.54. The third-order valence-corrected chi connectivity index (χ3v) is 5.96. The van der Waals surface area contributed by atoms with E-state index < -0.39 is 0 Å². The Kier molecular flexibility index (Phi) is 5.73. The van der Waals surface area contributed by atoms with E-state index in [1.807, 2.05) is 0 Å². The van der Waals surface area contributed by atoms with Crippen LogP contribution in [0.3, 0.4) is 0 Å². The first-order chi connectivity index (χ1) is 11.7. The Morgan fingerprint density at radius 1 is 1.38 bits per heavy atom. The van der Waals surface area contributed by atoms with Gasteiger partial charge in [-0.25, -0.2) is 0 Å². The minimum Gasteiger partial charge on any atom is -0.355 e. The normalized spacial score (nSPS) is 13.8. The molecule has 0 atom stereocenters. The summed E-state index contributed by atoms with van der Waals surface area (Å²) in [6, 6.07) is 6.28. The number of hydrogen-bond donors (Lipinski definition) is 2. The van der Waals surface area contributed by atoms with E-state index in [0.717, 1.165) is 28.1 Å². The van der Waals surface area contributed by atoms with Crippen LogP contribution in [0.4, 0.5) is 10.8 Å². The van der Waals surface area contributed by atoms with E-state index in [9.17, 15) is 4.79 Å². The topological polar surface area (TPSA) is 66.9 Å². The molecule has 0 radical (unpaired) electrons. The van der Waals surface area contributed by atoms with Gasteiger partial charge < -0.3 is 10.6 Å². The summed E-state index contributed by atoms with van der Waals surface area (Å²) in [4.78, 5) is 11.8. The number of para-hydroxylation sites is 1. The monoisotopic (exact) mass is 362 g/mol. The average molecular weight is 363 g/mol. The molecule has 1 amide bonds. The standard InChI is InChI=1S/C17H22N4OS2/c1-3-13-6-4-5-11(2)15(13)19-16-20-21-17(24-16)23-10-14(22)18-9-12-7-8-12/h4-6,12H,3,7-10H2,1-2H3,(H,18,22)(H,19,20). The predicted molar refractivity (Wildman–Crippen MR) is 100 cm³/mol. The molecular formula is C17H22N4OS2. The first kappa shape index (κ1) is 17.2. The van der Waals surface area contributed by atoms with Crippen LogP contribution in [0.15, 0.2) is 22.5 Å². The minimum atomic E-state index is 0.0729. The highest BCUT2D eigenvalue weighted by molar-refractivity contribution is 8.01. The van der Waals surface area contributed by atoms with E-state index in [0.29, 0.717) is 11.7 Å². The fourth-order valence-electron chi connectivity index (χ4n) is 2.39. The Hall–Kier alpha value is -1.60. The van der Waals surface area contributed by atoms with Gasteiger partial charge in [0.25, 0.3) is 0 Å². The van der Waals surface area contributed by atoms with E-state index in [-0.39, 0.29) is 5.91 Å². The summed E-state index contributed by atoms with van der Waals surface area (Å²) in [7, 11) is 0. The van der Waals surface area contributed by atoms with Crippen molar-refractivity contribution in [1.82, 2.24) is 15.5 Å². The maximum atomic E-state index is 11.8. The highest BCUT2D eigenvalue weighted by atomic mass is 32.2. The fraction of sp³-hybridized carbons (Fsp3) is 0.471. The summed E-state index contributed by atoms with van der Waals surface area (Å²) < 4.78 is 0.811. The summed E-state index contributed by atoms with van der Waals surface area (Å²) in [5.41, 5.74) is 3.56. The molecule has 0 unspecified atom stereocenters. The first-order valence-electron chi connectivity index (χ1n) is 8.24. The van der Waals surface area contributed by atoms with Crippen LogP contribution < -0.4 is 10.6 Å². The van der Waals surface area contributed by atoms with Crippen molar-refractivity contribution in [3.63, 3.8) is 0 Å². The van der Waals surface area contributed by atoms with Gasteiger partial charge in [0.2, 0.25) is 11.0 Å². The van der Waals surface area contributed by atoms with Crippen LogP contribution >= 0.6 is 23.1 Å². The smallest absolute Gasteiger partial charge is 0.230 e. The predicted octanol–water partition coefficient (Wildman–Crippen LogP) is 3.77. The van der Waals surface area contributed by atoms with Gasteiger partial charge in [0.05, 0.1) is 5.75 Å². The number of hydrogen-bond acceptors (Lipinski definition) is 6. The molecule has 1 fully saturated rings. The number of benzene rings is 1. The van der Waals surface area contributed by atoms with Crippen LogP contribution in [0, 0.1) is 12.8 Å². The maximum Gasteiger partial charge on any atom is 0.230 e. The van der Waals surface area contributed by atoms with Crippen LogP contribution in [0.1, 0.15) is 30.9 Å². The van der Waals surface area contributed by atoms with Gasteiger partial charge in [-0.3, -0.25) is 4.79 Å².